The summed E-state index contributed by atoms with van der Waals surface area (Å²) >= 11 is 0. The van der Waals surface area contributed by atoms with Crippen molar-refractivity contribution in [2.45, 2.75) is 19.8 Å². The van der Waals surface area contributed by atoms with Crippen molar-refractivity contribution in [1.82, 2.24) is 0 Å². The molecule has 0 aliphatic heterocycles. The Morgan fingerprint density at radius 2 is 2.06 bits per heavy atom. The van der Waals surface area contributed by atoms with E-state index < -0.39 is 4.92 Å². The first-order chi connectivity index (χ1) is 8.09. The predicted molar refractivity (Wildman–Crippen MR) is 64.5 cm³/mol. The first-order valence-electron chi connectivity index (χ1n) is 5.56. The number of hydrogen-bond acceptors (Lipinski definition) is 3. The molecule has 0 fully saturated rings. The maximum atomic E-state index is 11.9. The third-order valence-corrected chi connectivity index (χ3v) is 2.95. The van der Waals surface area contributed by atoms with Gasteiger partial charge in [-0.25, -0.2) is 0 Å². The van der Waals surface area contributed by atoms with E-state index in [2.05, 4.69) is 0 Å². The molecule has 4 heteroatoms. The number of para-hydroxylation sites is 1. The zero-order valence-corrected chi connectivity index (χ0v) is 9.55. The van der Waals surface area contributed by atoms with Crippen molar-refractivity contribution in [3.63, 3.8) is 0 Å². The zero-order chi connectivity index (χ0) is 12.4. The van der Waals surface area contributed by atoms with Crippen LogP contribution in [0, 0.1) is 16.0 Å². The van der Waals surface area contributed by atoms with E-state index in [9.17, 15) is 14.9 Å². The molecule has 1 aromatic rings. The molecule has 0 amide bonds. The number of benzene rings is 1. The molecule has 1 atom stereocenters. The van der Waals surface area contributed by atoms with Crippen molar-refractivity contribution in [1.29, 1.82) is 0 Å². The Balaban J connectivity index is 2.47. The molecule has 0 aromatic heterocycles. The summed E-state index contributed by atoms with van der Waals surface area (Å²) in [5, 5.41) is 10.9. The maximum absolute atomic E-state index is 11.9. The van der Waals surface area contributed by atoms with Gasteiger partial charge in [-0.1, -0.05) is 25.1 Å². The summed E-state index contributed by atoms with van der Waals surface area (Å²) in [6.45, 7) is 2.00. The minimum Gasteiger partial charge on any atom is -0.294 e. The monoisotopic (exact) mass is 231 g/mol. The highest BCUT2D eigenvalue weighted by molar-refractivity contribution is 6.22. The molecule has 0 saturated heterocycles. The molecule has 2 rings (SSSR count). The second-order valence-electron chi connectivity index (χ2n) is 4.36. The van der Waals surface area contributed by atoms with E-state index in [1.54, 1.807) is 18.2 Å². The molecule has 1 aromatic carbocycles. The van der Waals surface area contributed by atoms with Crippen molar-refractivity contribution in [2.75, 3.05) is 0 Å². The summed E-state index contributed by atoms with van der Waals surface area (Å²) in [7, 11) is 0. The summed E-state index contributed by atoms with van der Waals surface area (Å²) < 4.78 is 0. The van der Waals surface area contributed by atoms with Gasteiger partial charge in [-0.3, -0.25) is 14.9 Å². The van der Waals surface area contributed by atoms with Crippen molar-refractivity contribution >= 4 is 17.0 Å². The number of nitro benzene ring substituents is 1. The molecular formula is C13H13NO3. The minimum atomic E-state index is -0.443. The molecule has 1 aliphatic carbocycles. The van der Waals surface area contributed by atoms with Crippen molar-refractivity contribution < 1.29 is 9.72 Å². The van der Waals surface area contributed by atoms with Gasteiger partial charge in [-0.2, -0.15) is 0 Å². The molecular weight excluding hydrogens is 218 g/mol. The lowest BCUT2D eigenvalue weighted by atomic mass is 9.86. The number of carbonyl (C=O) groups excluding carboxylic acids is 1. The smallest absolute Gasteiger partial charge is 0.277 e. The summed E-state index contributed by atoms with van der Waals surface area (Å²) in [5.41, 5.74) is 0.937. The lowest BCUT2D eigenvalue weighted by Crippen LogP contribution is -2.13. The lowest BCUT2D eigenvalue weighted by molar-refractivity contribution is -0.385. The predicted octanol–water partition coefficient (Wildman–Crippen LogP) is 2.98. The Morgan fingerprint density at radius 3 is 2.71 bits per heavy atom. The van der Waals surface area contributed by atoms with Gasteiger partial charge in [0.05, 0.1) is 10.5 Å². The van der Waals surface area contributed by atoms with E-state index in [4.69, 9.17) is 0 Å². The highest BCUT2D eigenvalue weighted by Gasteiger charge is 2.25. The van der Waals surface area contributed by atoms with Gasteiger partial charge in [-0.15, -0.1) is 0 Å². The molecule has 88 valence electrons. The number of ketones is 1. The number of Topliss-reactive ketones (excluding diaryl/α,β-unsaturated/α-hetero) is 1. The van der Waals surface area contributed by atoms with Gasteiger partial charge in [0.15, 0.2) is 5.78 Å². The second kappa shape index (κ2) is 4.49. The summed E-state index contributed by atoms with van der Waals surface area (Å²) in [5.74, 6) is 0.326. The average Bonchev–Trinajstić information content (AvgIpc) is 2.29. The third-order valence-electron chi connectivity index (χ3n) is 2.95. The molecule has 0 radical (unpaired) electrons. The van der Waals surface area contributed by atoms with Gasteiger partial charge < -0.3 is 0 Å². The number of carbonyl (C=O) groups is 1. The normalized spacial score (nSPS) is 19.9. The molecule has 0 heterocycles. The Hall–Kier alpha value is -1.97. The summed E-state index contributed by atoms with van der Waals surface area (Å²) in [6, 6.07) is 6.39. The Kier molecular flexibility index (Phi) is 3.04. The van der Waals surface area contributed by atoms with E-state index in [1.807, 2.05) is 13.0 Å². The highest BCUT2D eigenvalue weighted by Crippen LogP contribution is 2.32. The van der Waals surface area contributed by atoms with Crippen LogP contribution in [-0.2, 0) is 4.79 Å². The van der Waals surface area contributed by atoms with Crippen LogP contribution in [0.1, 0.15) is 25.3 Å². The first kappa shape index (κ1) is 11.5. The molecule has 1 aliphatic rings. The van der Waals surface area contributed by atoms with Crippen molar-refractivity contribution in [3.8, 4) is 0 Å². The largest absolute Gasteiger partial charge is 0.294 e. The average molecular weight is 231 g/mol. The van der Waals surface area contributed by atoms with Crippen LogP contribution >= 0.6 is 0 Å². The zero-order valence-electron chi connectivity index (χ0n) is 9.55. The number of nitro groups is 1. The van der Waals surface area contributed by atoms with Crippen LogP contribution in [0.3, 0.4) is 0 Å². The van der Waals surface area contributed by atoms with Crippen LogP contribution < -0.4 is 0 Å². The van der Waals surface area contributed by atoms with Crippen LogP contribution in [0.4, 0.5) is 5.69 Å². The van der Waals surface area contributed by atoms with E-state index in [0.717, 1.165) is 6.42 Å². The fourth-order valence-corrected chi connectivity index (χ4v) is 2.06. The third kappa shape index (κ3) is 2.25. The fraction of sp³-hybridized carbons (Fsp3) is 0.308. The van der Waals surface area contributed by atoms with Crippen LogP contribution in [0.15, 0.2) is 30.3 Å². The molecule has 0 bridgehead atoms. The number of nitrogens with zero attached hydrogens (tertiary/aromatic N) is 1. The molecule has 0 saturated carbocycles. The van der Waals surface area contributed by atoms with Crippen LogP contribution in [0.25, 0.3) is 5.57 Å². The van der Waals surface area contributed by atoms with Gasteiger partial charge in [0, 0.05) is 18.1 Å². The Bertz CT molecular complexity index is 505. The SMILES string of the molecule is CC1CC=C(c2ccccc2[N+](=O)[O-])C(=O)C1. The van der Waals surface area contributed by atoms with E-state index in [0.29, 0.717) is 23.5 Å². The lowest BCUT2D eigenvalue weighted by Gasteiger charge is -2.17. The summed E-state index contributed by atoms with van der Waals surface area (Å²) in [6.07, 6.45) is 3.09. The van der Waals surface area contributed by atoms with Crippen LogP contribution in [0.5, 0.6) is 0 Å². The Morgan fingerprint density at radius 1 is 1.35 bits per heavy atom. The van der Waals surface area contributed by atoms with E-state index in [-0.39, 0.29) is 11.5 Å². The maximum Gasteiger partial charge on any atom is 0.277 e. The molecule has 1 unspecified atom stereocenters. The fourth-order valence-electron chi connectivity index (χ4n) is 2.06. The van der Waals surface area contributed by atoms with Gasteiger partial charge >= 0.3 is 0 Å². The molecule has 0 spiro atoms. The van der Waals surface area contributed by atoms with Crippen molar-refractivity contribution in [2.24, 2.45) is 5.92 Å². The number of allylic oxidation sites excluding steroid dienone is 2. The van der Waals surface area contributed by atoms with Gasteiger partial charge in [0.2, 0.25) is 0 Å². The summed E-state index contributed by atoms with van der Waals surface area (Å²) in [4.78, 5) is 22.3. The van der Waals surface area contributed by atoms with Gasteiger partial charge in [0.25, 0.3) is 5.69 Å². The molecule has 17 heavy (non-hydrogen) atoms. The topological polar surface area (TPSA) is 60.2 Å². The molecule has 4 nitrogen and oxygen atoms in total. The van der Waals surface area contributed by atoms with Gasteiger partial charge in [0.1, 0.15) is 0 Å². The van der Waals surface area contributed by atoms with E-state index in [1.165, 1.54) is 6.07 Å². The number of hydrogen-bond donors (Lipinski definition) is 0. The second-order valence-corrected chi connectivity index (χ2v) is 4.36. The van der Waals surface area contributed by atoms with Crippen LogP contribution in [-0.4, -0.2) is 10.7 Å². The first-order valence-corrected chi connectivity index (χ1v) is 5.56. The van der Waals surface area contributed by atoms with Crippen LogP contribution in [0.2, 0.25) is 0 Å². The quantitative estimate of drug-likeness (QED) is 0.580. The molecule has 0 N–H and O–H groups in total. The number of rotatable bonds is 2. The Labute approximate surface area is 99.1 Å². The van der Waals surface area contributed by atoms with Crippen molar-refractivity contribution in [3.05, 3.63) is 46.0 Å². The standard InChI is InChI=1S/C13H13NO3/c1-9-6-7-11(13(15)8-9)10-4-2-3-5-12(10)14(16)17/h2-5,7,9H,6,8H2,1H3. The minimum absolute atomic E-state index is 0.00153. The highest BCUT2D eigenvalue weighted by atomic mass is 16.6. The van der Waals surface area contributed by atoms with Gasteiger partial charge in [-0.05, 0) is 18.4 Å². The van der Waals surface area contributed by atoms with E-state index >= 15 is 0 Å².